The highest BCUT2D eigenvalue weighted by Gasteiger charge is 2.01. The molecule has 0 amide bonds. The molecule has 1 aromatic carbocycles. The van der Waals surface area contributed by atoms with Crippen molar-refractivity contribution in [2.75, 3.05) is 0 Å². The van der Waals surface area contributed by atoms with Crippen LogP contribution in [0.5, 0.6) is 5.75 Å². The summed E-state index contributed by atoms with van der Waals surface area (Å²) < 4.78 is 7.40. The minimum atomic E-state index is 0.556. The van der Waals surface area contributed by atoms with Crippen molar-refractivity contribution >= 4 is 38.9 Å². The summed E-state index contributed by atoms with van der Waals surface area (Å²) in [7, 11) is 0. The number of hydrogen-bond acceptors (Lipinski definition) is 2. The highest BCUT2D eigenvalue weighted by Crippen LogP contribution is 2.27. The van der Waals surface area contributed by atoms with Crippen LogP contribution in [0.15, 0.2) is 40.9 Å². The fraction of sp³-hybridized carbons (Fsp3) is 0.0909. The van der Waals surface area contributed by atoms with Crippen molar-refractivity contribution < 1.29 is 4.74 Å². The summed E-state index contributed by atoms with van der Waals surface area (Å²) in [5.41, 5.74) is 0. The maximum atomic E-state index is 5.83. The Hall–Kier alpha value is -0.510. The van der Waals surface area contributed by atoms with Gasteiger partial charge in [0.05, 0.1) is 8.81 Å². The van der Waals surface area contributed by atoms with Crippen LogP contribution in [0.2, 0.25) is 4.34 Å². The molecule has 78 valence electrons. The first-order chi connectivity index (χ1) is 7.25. The zero-order valence-corrected chi connectivity index (χ0v) is 10.9. The second kappa shape index (κ2) is 5.01. The summed E-state index contributed by atoms with van der Waals surface area (Å²) in [6, 6.07) is 11.6. The molecule has 1 heterocycles. The number of para-hydroxylation sites is 1. The fourth-order valence-electron chi connectivity index (χ4n) is 1.14. The quantitative estimate of drug-likeness (QED) is 0.795. The van der Waals surface area contributed by atoms with Crippen LogP contribution in [-0.4, -0.2) is 0 Å². The molecular formula is C11H8BrClOS. The first-order valence-corrected chi connectivity index (χ1v) is 6.36. The minimum absolute atomic E-state index is 0.556. The zero-order valence-electron chi connectivity index (χ0n) is 7.74. The van der Waals surface area contributed by atoms with Gasteiger partial charge >= 0.3 is 0 Å². The Morgan fingerprint density at radius 1 is 1.20 bits per heavy atom. The highest BCUT2D eigenvalue weighted by atomic mass is 79.9. The minimum Gasteiger partial charge on any atom is -0.487 e. The molecular weight excluding hydrogens is 296 g/mol. The van der Waals surface area contributed by atoms with Gasteiger partial charge in [-0.1, -0.05) is 23.7 Å². The molecule has 0 saturated heterocycles. The van der Waals surface area contributed by atoms with Gasteiger partial charge in [0.25, 0.3) is 0 Å². The van der Waals surface area contributed by atoms with Crippen molar-refractivity contribution in [2.24, 2.45) is 0 Å². The maximum Gasteiger partial charge on any atom is 0.134 e. The lowest BCUT2D eigenvalue weighted by Crippen LogP contribution is -1.92. The Bertz CT molecular complexity index is 455. The topological polar surface area (TPSA) is 9.23 Å². The van der Waals surface area contributed by atoms with Gasteiger partial charge in [-0.2, -0.15) is 0 Å². The molecule has 0 radical (unpaired) electrons. The van der Waals surface area contributed by atoms with Crippen LogP contribution >= 0.6 is 38.9 Å². The predicted molar refractivity (Wildman–Crippen MR) is 67.8 cm³/mol. The zero-order chi connectivity index (χ0) is 10.7. The van der Waals surface area contributed by atoms with Crippen molar-refractivity contribution in [3.8, 4) is 5.75 Å². The molecule has 2 rings (SSSR count). The van der Waals surface area contributed by atoms with Crippen molar-refractivity contribution in [1.29, 1.82) is 0 Å². The summed E-state index contributed by atoms with van der Waals surface area (Å²) in [4.78, 5) is 1.12. The van der Waals surface area contributed by atoms with Crippen LogP contribution in [0, 0.1) is 0 Å². The normalized spacial score (nSPS) is 10.3. The number of rotatable bonds is 3. The van der Waals surface area contributed by atoms with E-state index in [2.05, 4.69) is 15.9 Å². The van der Waals surface area contributed by atoms with Gasteiger partial charge in [-0.25, -0.2) is 0 Å². The molecule has 0 atom stereocenters. The third-order valence-corrected chi connectivity index (χ3v) is 3.70. The summed E-state index contributed by atoms with van der Waals surface area (Å²) in [5, 5.41) is 0. The van der Waals surface area contributed by atoms with Crippen LogP contribution < -0.4 is 4.74 Å². The molecule has 1 aromatic heterocycles. The largest absolute Gasteiger partial charge is 0.487 e. The lowest BCUT2D eigenvalue weighted by atomic mass is 10.3. The molecule has 2 aromatic rings. The molecule has 0 aliphatic rings. The smallest absolute Gasteiger partial charge is 0.134 e. The van der Waals surface area contributed by atoms with Gasteiger partial charge in [0, 0.05) is 4.88 Å². The van der Waals surface area contributed by atoms with Crippen LogP contribution in [0.3, 0.4) is 0 Å². The number of thiophene rings is 1. The van der Waals surface area contributed by atoms with Gasteiger partial charge in [0.15, 0.2) is 0 Å². The number of halogens is 2. The predicted octanol–water partition coefficient (Wildman–Crippen LogP) is 4.74. The standard InChI is InChI=1S/C11H8BrClOS/c12-9-3-1-2-4-10(9)14-7-8-5-6-11(13)15-8/h1-6H,7H2. The molecule has 0 bridgehead atoms. The van der Waals surface area contributed by atoms with E-state index in [0.717, 1.165) is 19.4 Å². The molecule has 0 fully saturated rings. The molecule has 1 nitrogen and oxygen atoms in total. The van der Waals surface area contributed by atoms with E-state index in [1.54, 1.807) is 0 Å². The highest BCUT2D eigenvalue weighted by molar-refractivity contribution is 9.10. The van der Waals surface area contributed by atoms with Crippen molar-refractivity contribution in [3.05, 3.63) is 50.1 Å². The van der Waals surface area contributed by atoms with Gasteiger partial charge in [-0.15, -0.1) is 11.3 Å². The van der Waals surface area contributed by atoms with E-state index in [1.807, 2.05) is 36.4 Å². The molecule has 4 heteroatoms. The Labute approximate surface area is 106 Å². The summed E-state index contributed by atoms with van der Waals surface area (Å²) in [6.45, 7) is 0.556. The fourth-order valence-corrected chi connectivity index (χ4v) is 2.54. The van der Waals surface area contributed by atoms with E-state index in [-0.39, 0.29) is 0 Å². The Balaban J connectivity index is 2.02. The first kappa shape index (κ1) is 11.0. The van der Waals surface area contributed by atoms with Crippen LogP contribution in [-0.2, 0) is 6.61 Å². The lowest BCUT2D eigenvalue weighted by Gasteiger charge is -2.05. The summed E-state index contributed by atoms with van der Waals surface area (Å²) in [6.07, 6.45) is 0. The summed E-state index contributed by atoms with van der Waals surface area (Å²) >= 11 is 10.8. The van der Waals surface area contributed by atoms with Crippen molar-refractivity contribution in [3.63, 3.8) is 0 Å². The van der Waals surface area contributed by atoms with E-state index >= 15 is 0 Å². The molecule has 0 saturated carbocycles. The number of hydrogen-bond donors (Lipinski definition) is 0. The maximum absolute atomic E-state index is 5.83. The van der Waals surface area contributed by atoms with Crippen molar-refractivity contribution in [1.82, 2.24) is 0 Å². The van der Waals surface area contributed by atoms with Gasteiger partial charge in [0.1, 0.15) is 12.4 Å². The third-order valence-electron chi connectivity index (χ3n) is 1.84. The van der Waals surface area contributed by atoms with Crippen LogP contribution in [0.4, 0.5) is 0 Å². The van der Waals surface area contributed by atoms with Gasteiger partial charge in [0.2, 0.25) is 0 Å². The number of ether oxygens (including phenoxy) is 1. The Morgan fingerprint density at radius 3 is 2.67 bits per heavy atom. The molecule has 0 unspecified atom stereocenters. The number of benzene rings is 1. The average Bonchev–Trinajstić information content (AvgIpc) is 2.63. The van der Waals surface area contributed by atoms with Crippen LogP contribution in [0.1, 0.15) is 4.88 Å². The first-order valence-electron chi connectivity index (χ1n) is 4.37. The monoisotopic (exact) mass is 302 g/mol. The van der Waals surface area contributed by atoms with E-state index in [0.29, 0.717) is 6.61 Å². The van der Waals surface area contributed by atoms with E-state index in [1.165, 1.54) is 11.3 Å². The second-order valence-corrected chi connectivity index (χ2v) is 5.58. The van der Waals surface area contributed by atoms with Crippen molar-refractivity contribution in [2.45, 2.75) is 6.61 Å². The SMILES string of the molecule is Clc1ccc(COc2ccccc2Br)s1. The van der Waals surface area contributed by atoms with Gasteiger partial charge in [-0.3, -0.25) is 0 Å². The van der Waals surface area contributed by atoms with Gasteiger partial charge < -0.3 is 4.74 Å². The Morgan fingerprint density at radius 2 is 2.00 bits per heavy atom. The second-order valence-electron chi connectivity index (χ2n) is 2.92. The molecule has 15 heavy (non-hydrogen) atoms. The summed E-state index contributed by atoms with van der Waals surface area (Å²) in [5.74, 6) is 0.849. The average molecular weight is 304 g/mol. The Kier molecular flexibility index (Phi) is 3.67. The molecule has 0 aliphatic carbocycles. The third kappa shape index (κ3) is 2.97. The lowest BCUT2D eigenvalue weighted by molar-refractivity contribution is 0.308. The van der Waals surface area contributed by atoms with Gasteiger partial charge in [-0.05, 0) is 40.2 Å². The van der Waals surface area contributed by atoms with E-state index in [4.69, 9.17) is 16.3 Å². The molecule has 0 spiro atoms. The molecule has 0 aliphatic heterocycles. The van der Waals surface area contributed by atoms with Crippen LogP contribution in [0.25, 0.3) is 0 Å². The van der Waals surface area contributed by atoms with E-state index < -0.39 is 0 Å². The van der Waals surface area contributed by atoms with E-state index in [9.17, 15) is 0 Å². The molecule has 0 N–H and O–H groups in total.